The van der Waals surface area contributed by atoms with Gasteiger partial charge in [-0.2, -0.15) is 0 Å². The molecule has 0 radical (unpaired) electrons. The fraction of sp³-hybridized carbons (Fsp3) is 0.200. The molecule has 0 saturated carbocycles. The zero-order valence-corrected chi connectivity index (χ0v) is 15.0. The van der Waals surface area contributed by atoms with Crippen molar-refractivity contribution in [1.82, 2.24) is 0 Å². The molecule has 6 heteroatoms. The zero-order valence-electron chi connectivity index (χ0n) is 15.0. The predicted octanol–water partition coefficient (Wildman–Crippen LogP) is 2.83. The number of carbonyl (C=O) groups is 2. The first-order chi connectivity index (χ1) is 12.4. The molecule has 2 aromatic carbocycles. The Hall–Kier alpha value is -3.28. The normalized spacial score (nSPS) is 10.6. The molecule has 0 aromatic heterocycles. The van der Waals surface area contributed by atoms with Gasteiger partial charge in [0.1, 0.15) is 0 Å². The summed E-state index contributed by atoms with van der Waals surface area (Å²) in [5.74, 6) is 0.0532. The number of nitrogens with one attached hydrogen (secondary N) is 1. The lowest BCUT2D eigenvalue weighted by Crippen LogP contribution is -2.20. The smallest absolute Gasteiger partial charge is 0.255 e. The second-order valence-electron chi connectivity index (χ2n) is 5.81. The fourth-order valence-corrected chi connectivity index (χ4v) is 2.27. The topological polar surface area (TPSA) is 90.7 Å². The minimum atomic E-state index is -0.570. The largest absolute Gasteiger partial charge is 0.493 e. The van der Waals surface area contributed by atoms with E-state index in [1.807, 2.05) is 32.0 Å². The molecule has 0 heterocycles. The van der Waals surface area contributed by atoms with Gasteiger partial charge in [-0.05, 0) is 54.8 Å². The Kier molecular flexibility index (Phi) is 6.38. The van der Waals surface area contributed by atoms with Gasteiger partial charge in [-0.25, -0.2) is 0 Å². The molecule has 0 aliphatic heterocycles. The van der Waals surface area contributed by atoms with Crippen LogP contribution >= 0.6 is 0 Å². The van der Waals surface area contributed by atoms with Gasteiger partial charge in [0.05, 0.1) is 7.11 Å². The molecule has 0 unspecified atom stereocenters. The van der Waals surface area contributed by atoms with Crippen LogP contribution in [0.2, 0.25) is 0 Å². The number of primary amides is 1. The molecule has 0 aliphatic carbocycles. The van der Waals surface area contributed by atoms with Crippen molar-refractivity contribution in [1.29, 1.82) is 0 Å². The number of aryl methyl sites for hydroxylation is 2. The number of amides is 2. The van der Waals surface area contributed by atoms with E-state index in [1.54, 1.807) is 24.3 Å². The van der Waals surface area contributed by atoms with Crippen LogP contribution in [-0.2, 0) is 9.59 Å². The summed E-state index contributed by atoms with van der Waals surface area (Å²) < 4.78 is 10.5. The molecule has 0 fully saturated rings. The molecule has 0 spiro atoms. The number of nitrogens with two attached hydrogens (primary N) is 1. The number of benzene rings is 2. The van der Waals surface area contributed by atoms with Crippen LogP contribution in [0.1, 0.15) is 16.7 Å². The van der Waals surface area contributed by atoms with E-state index in [0.29, 0.717) is 11.5 Å². The molecular weight excluding hydrogens is 332 g/mol. The van der Waals surface area contributed by atoms with Crippen LogP contribution in [0, 0.1) is 13.8 Å². The molecule has 136 valence electrons. The van der Waals surface area contributed by atoms with Gasteiger partial charge in [-0.3, -0.25) is 9.59 Å². The summed E-state index contributed by atoms with van der Waals surface area (Å²) in [5.41, 5.74) is 8.67. The van der Waals surface area contributed by atoms with Crippen molar-refractivity contribution in [2.75, 3.05) is 19.0 Å². The van der Waals surface area contributed by atoms with Crippen molar-refractivity contribution in [3.8, 4) is 11.5 Å². The van der Waals surface area contributed by atoms with Crippen molar-refractivity contribution in [2.45, 2.75) is 13.8 Å². The molecule has 0 bridgehead atoms. The molecule has 2 rings (SSSR count). The SMILES string of the molecule is COc1cc(/C=C/C(=O)Nc2cc(C)ccc2C)ccc1OCC(N)=O. The molecule has 2 amide bonds. The summed E-state index contributed by atoms with van der Waals surface area (Å²) in [6.45, 7) is 3.68. The van der Waals surface area contributed by atoms with Crippen LogP contribution < -0.4 is 20.5 Å². The first-order valence-corrected chi connectivity index (χ1v) is 8.04. The lowest BCUT2D eigenvalue weighted by atomic mass is 10.1. The van der Waals surface area contributed by atoms with E-state index in [1.165, 1.54) is 13.2 Å². The first kappa shape index (κ1) is 19.1. The highest BCUT2D eigenvalue weighted by Gasteiger charge is 2.07. The lowest BCUT2D eigenvalue weighted by Gasteiger charge is -2.10. The predicted molar refractivity (Wildman–Crippen MR) is 101 cm³/mol. The number of ether oxygens (including phenoxy) is 2. The van der Waals surface area contributed by atoms with Gasteiger partial charge < -0.3 is 20.5 Å². The van der Waals surface area contributed by atoms with Gasteiger partial charge in [0.25, 0.3) is 5.91 Å². The quantitative estimate of drug-likeness (QED) is 0.748. The average molecular weight is 354 g/mol. The van der Waals surface area contributed by atoms with Gasteiger partial charge in [0.2, 0.25) is 5.91 Å². The van der Waals surface area contributed by atoms with Crippen LogP contribution in [0.3, 0.4) is 0 Å². The monoisotopic (exact) mass is 354 g/mol. The second-order valence-corrected chi connectivity index (χ2v) is 5.81. The maximum atomic E-state index is 12.1. The maximum Gasteiger partial charge on any atom is 0.255 e. The Morgan fingerprint density at radius 3 is 2.58 bits per heavy atom. The number of carbonyl (C=O) groups excluding carboxylic acids is 2. The summed E-state index contributed by atoms with van der Waals surface area (Å²) in [4.78, 5) is 23.0. The van der Waals surface area contributed by atoms with Crippen LogP contribution in [0.4, 0.5) is 5.69 Å². The van der Waals surface area contributed by atoms with E-state index in [9.17, 15) is 9.59 Å². The highest BCUT2D eigenvalue weighted by Crippen LogP contribution is 2.28. The fourth-order valence-electron chi connectivity index (χ4n) is 2.27. The number of hydrogen-bond donors (Lipinski definition) is 2. The lowest BCUT2D eigenvalue weighted by molar-refractivity contribution is -0.120. The molecule has 6 nitrogen and oxygen atoms in total. The minimum absolute atomic E-state index is 0.230. The number of rotatable bonds is 7. The Bertz CT molecular complexity index is 844. The zero-order chi connectivity index (χ0) is 19.1. The van der Waals surface area contributed by atoms with Crippen molar-refractivity contribution >= 4 is 23.6 Å². The van der Waals surface area contributed by atoms with Crippen molar-refractivity contribution in [3.05, 3.63) is 59.2 Å². The van der Waals surface area contributed by atoms with E-state index < -0.39 is 5.91 Å². The highest BCUT2D eigenvalue weighted by molar-refractivity contribution is 6.02. The van der Waals surface area contributed by atoms with Crippen molar-refractivity contribution < 1.29 is 19.1 Å². The summed E-state index contributed by atoms with van der Waals surface area (Å²) in [5, 5.41) is 2.86. The van der Waals surface area contributed by atoms with Gasteiger partial charge >= 0.3 is 0 Å². The maximum absolute atomic E-state index is 12.1. The Morgan fingerprint density at radius 2 is 1.88 bits per heavy atom. The molecule has 26 heavy (non-hydrogen) atoms. The second kappa shape index (κ2) is 8.71. The van der Waals surface area contributed by atoms with Crippen LogP contribution in [0.25, 0.3) is 6.08 Å². The standard InChI is InChI=1S/C20H22N2O4/c1-13-4-5-14(2)16(10-13)22-20(24)9-7-15-6-8-17(18(11-15)25-3)26-12-19(21)23/h4-11H,12H2,1-3H3,(H2,21,23)(H,22,24)/b9-7+. The first-order valence-electron chi connectivity index (χ1n) is 8.04. The summed E-state index contributed by atoms with van der Waals surface area (Å²) in [6.07, 6.45) is 3.11. The number of hydrogen-bond acceptors (Lipinski definition) is 4. The van der Waals surface area contributed by atoms with Gasteiger partial charge in [-0.1, -0.05) is 18.2 Å². The van der Waals surface area contributed by atoms with E-state index in [4.69, 9.17) is 15.2 Å². The van der Waals surface area contributed by atoms with Gasteiger partial charge in [0.15, 0.2) is 18.1 Å². The van der Waals surface area contributed by atoms with E-state index >= 15 is 0 Å². The van der Waals surface area contributed by atoms with Crippen molar-refractivity contribution in [2.24, 2.45) is 5.73 Å². The minimum Gasteiger partial charge on any atom is -0.493 e. The molecule has 0 saturated heterocycles. The van der Waals surface area contributed by atoms with Crippen LogP contribution in [-0.4, -0.2) is 25.5 Å². The number of methoxy groups -OCH3 is 1. The molecule has 0 atom stereocenters. The summed E-state index contributed by atoms with van der Waals surface area (Å²) in [6, 6.07) is 11.0. The van der Waals surface area contributed by atoms with E-state index in [0.717, 1.165) is 22.4 Å². The average Bonchev–Trinajstić information content (AvgIpc) is 2.61. The Morgan fingerprint density at radius 1 is 1.12 bits per heavy atom. The summed E-state index contributed by atoms with van der Waals surface area (Å²) in [7, 11) is 1.49. The van der Waals surface area contributed by atoms with E-state index in [2.05, 4.69) is 5.32 Å². The van der Waals surface area contributed by atoms with Crippen LogP contribution in [0.15, 0.2) is 42.5 Å². The Labute approximate surface area is 152 Å². The Balaban J connectivity index is 2.08. The van der Waals surface area contributed by atoms with Gasteiger partial charge in [-0.15, -0.1) is 0 Å². The highest BCUT2D eigenvalue weighted by atomic mass is 16.5. The third-order valence-corrected chi connectivity index (χ3v) is 3.64. The molecule has 2 aromatic rings. The molecule has 0 aliphatic rings. The van der Waals surface area contributed by atoms with Crippen LogP contribution in [0.5, 0.6) is 11.5 Å². The van der Waals surface area contributed by atoms with Crippen molar-refractivity contribution in [3.63, 3.8) is 0 Å². The number of anilines is 1. The molecule has 3 N–H and O–H groups in total. The summed E-state index contributed by atoms with van der Waals surface area (Å²) >= 11 is 0. The molecular formula is C20H22N2O4. The third-order valence-electron chi connectivity index (χ3n) is 3.64. The van der Waals surface area contributed by atoms with E-state index in [-0.39, 0.29) is 12.5 Å². The third kappa shape index (κ3) is 5.37. The van der Waals surface area contributed by atoms with Gasteiger partial charge in [0, 0.05) is 11.8 Å².